The fourth-order valence-electron chi connectivity index (χ4n) is 1.95. The van der Waals surface area contributed by atoms with Gasteiger partial charge >= 0.3 is 0 Å². The Bertz CT molecular complexity index is 842. The molecule has 0 aromatic carbocycles. The Morgan fingerprint density at radius 3 is 2.90 bits per heavy atom. The first-order valence-electron chi connectivity index (χ1n) is 6.45. The van der Waals surface area contributed by atoms with Crippen molar-refractivity contribution in [3.05, 3.63) is 64.3 Å². The fourth-order valence-corrected chi connectivity index (χ4v) is 2.69. The van der Waals surface area contributed by atoms with E-state index in [2.05, 4.69) is 9.97 Å². The molecule has 0 aliphatic heterocycles. The van der Waals surface area contributed by atoms with Gasteiger partial charge in [-0.1, -0.05) is 0 Å². The highest BCUT2D eigenvalue weighted by molar-refractivity contribution is 7.98. The number of rotatable bonds is 3. The number of hydrogen-bond donors (Lipinski definition) is 1. The molecule has 0 fully saturated rings. The predicted octanol–water partition coefficient (Wildman–Crippen LogP) is 2.27. The Hall–Kier alpha value is -2.34. The summed E-state index contributed by atoms with van der Waals surface area (Å²) in [6.07, 6.45) is 3.37. The van der Waals surface area contributed by atoms with Crippen molar-refractivity contribution in [1.29, 1.82) is 0 Å². The highest BCUT2D eigenvalue weighted by Gasteiger charge is 2.04. The van der Waals surface area contributed by atoms with Crippen molar-refractivity contribution >= 4 is 23.1 Å². The summed E-state index contributed by atoms with van der Waals surface area (Å²) in [5.41, 5.74) is 8.66. The Balaban J connectivity index is 1.87. The van der Waals surface area contributed by atoms with Crippen molar-refractivity contribution in [3.63, 3.8) is 0 Å². The van der Waals surface area contributed by atoms with E-state index in [0.29, 0.717) is 17.1 Å². The molecule has 0 aliphatic rings. The lowest BCUT2D eigenvalue weighted by Crippen LogP contribution is -2.15. The van der Waals surface area contributed by atoms with E-state index < -0.39 is 0 Å². The van der Waals surface area contributed by atoms with Crippen molar-refractivity contribution in [1.82, 2.24) is 14.4 Å². The van der Waals surface area contributed by atoms with Gasteiger partial charge in [0, 0.05) is 18.0 Å². The van der Waals surface area contributed by atoms with Crippen LogP contribution in [0.4, 0.5) is 5.69 Å². The zero-order valence-electron chi connectivity index (χ0n) is 11.5. The van der Waals surface area contributed by atoms with E-state index in [9.17, 15) is 4.79 Å². The molecule has 0 amide bonds. The molecule has 0 atom stereocenters. The summed E-state index contributed by atoms with van der Waals surface area (Å²) in [5, 5.41) is 0.857. The summed E-state index contributed by atoms with van der Waals surface area (Å²) < 4.78 is 1.54. The van der Waals surface area contributed by atoms with Crippen LogP contribution in [0, 0.1) is 6.92 Å². The lowest BCUT2D eigenvalue weighted by Gasteiger charge is -2.05. The Kier molecular flexibility index (Phi) is 3.62. The highest BCUT2D eigenvalue weighted by atomic mass is 32.2. The van der Waals surface area contributed by atoms with Crippen LogP contribution in [0.1, 0.15) is 11.3 Å². The summed E-state index contributed by atoms with van der Waals surface area (Å²) in [4.78, 5) is 20.8. The molecule has 2 N–H and O–H groups in total. The average Bonchev–Trinajstić information content (AvgIpc) is 2.46. The van der Waals surface area contributed by atoms with E-state index in [1.54, 1.807) is 28.9 Å². The van der Waals surface area contributed by atoms with E-state index in [4.69, 9.17) is 5.73 Å². The van der Waals surface area contributed by atoms with Crippen LogP contribution in [0.5, 0.6) is 0 Å². The number of hydrogen-bond acceptors (Lipinski definition) is 5. The lowest BCUT2D eigenvalue weighted by molar-refractivity contribution is 1.00. The van der Waals surface area contributed by atoms with E-state index >= 15 is 0 Å². The Labute approximate surface area is 125 Å². The van der Waals surface area contributed by atoms with Crippen molar-refractivity contribution < 1.29 is 0 Å². The molecule has 0 bridgehead atoms. The molecule has 21 heavy (non-hydrogen) atoms. The fraction of sp³-hybridized carbons (Fsp3) is 0.133. The molecule has 0 saturated heterocycles. The van der Waals surface area contributed by atoms with Crippen LogP contribution < -0.4 is 11.3 Å². The number of pyridine rings is 2. The van der Waals surface area contributed by atoms with Crippen LogP contribution in [-0.4, -0.2) is 14.4 Å². The molecule has 3 aromatic heterocycles. The number of nitrogen functional groups attached to an aromatic ring is 1. The summed E-state index contributed by atoms with van der Waals surface area (Å²) in [6, 6.07) is 9.02. The van der Waals surface area contributed by atoms with E-state index in [-0.39, 0.29) is 5.56 Å². The molecule has 0 saturated carbocycles. The first-order chi connectivity index (χ1) is 10.1. The van der Waals surface area contributed by atoms with Gasteiger partial charge in [0.05, 0.1) is 22.6 Å². The normalized spacial score (nSPS) is 10.9. The molecule has 5 nitrogen and oxygen atoms in total. The third-order valence-corrected chi connectivity index (χ3v) is 3.98. The predicted molar refractivity (Wildman–Crippen MR) is 84.4 cm³/mol. The Morgan fingerprint density at radius 2 is 2.14 bits per heavy atom. The van der Waals surface area contributed by atoms with Gasteiger partial charge in [0.1, 0.15) is 5.65 Å². The number of aromatic nitrogens is 3. The number of aryl methyl sites for hydroxylation is 1. The number of fused-ring (bicyclic) bond motifs is 1. The van der Waals surface area contributed by atoms with Gasteiger partial charge in [-0.2, -0.15) is 0 Å². The maximum Gasteiger partial charge on any atom is 0.258 e. The van der Waals surface area contributed by atoms with Crippen LogP contribution in [0.15, 0.2) is 52.5 Å². The summed E-state index contributed by atoms with van der Waals surface area (Å²) in [6.45, 7) is 1.98. The summed E-state index contributed by atoms with van der Waals surface area (Å²) in [7, 11) is 0. The quantitative estimate of drug-likeness (QED) is 0.751. The zero-order valence-corrected chi connectivity index (χ0v) is 12.3. The standard InChI is InChI=1S/C15H14N4OS/c1-10-4-5-19-13(6-10)18-12(7-15(19)20)9-21-14-3-2-11(16)8-17-14/h2-8H,9,16H2,1H3. The first-order valence-corrected chi connectivity index (χ1v) is 7.44. The maximum absolute atomic E-state index is 12.0. The molecular formula is C15H14N4OS. The molecule has 3 aromatic rings. The molecule has 0 unspecified atom stereocenters. The van der Waals surface area contributed by atoms with Gasteiger partial charge in [-0.3, -0.25) is 9.20 Å². The number of nitrogens with zero attached hydrogens (tertiary/aromatic N) is 3. The van der Waals surface area contributed by atoms with Gasteiger partial charge < -0.3 is 5.73 Å². The van der Waals surface area contributed by atoms with Crippen molar-refractivity contribution in [2.75, 3.05) is 5.73 Å². The number of nitrogens with two attached hydrogens (primary N) is 1. The summed E-state index contributed by atoms with van der Waals surface area (Å²) >= 11 is 1.53. The van der Waals surface area contributed by atoms with Gasteiger partial charge in [0.2, 0.25) is 0 Å². The van der Waals surface area contributed by atoms with Gasteiger partial charge in [-0.05, 0) is 36.8 Å². The van der Waals surface area contributed by atoms with Crippen molar-refractivity contribution in [2.24, 2.45) is 0 Å². The maximum atomic E-state index is 12.0. The molecule has 3 rings (SSSR count). The third-order valence-electron chi connectivity index (χ3n) is 3.00. The van der Waals surface area contributed by atoms with Crippen LogP contribution in [0.25, 0.3) is 5.65 Å². The molecular weight excluding hydrogens is 284 g/mol. The van der Waals surface area contributed by atoms with E-state index in [1.807, 2.05) is 25.1 Å². The number of thioether (sulfide) groups is 1. The second-order valence-corrected chi connectivity index (χ2v) is 5.73. The second kappa shape index (κ2) is 5.57. The van der Waals surface area contributed by atoms with Gasteiger partial charge in [0.15, 0.2) is 0 Å². The van der Waals surface area contributed by atoms with E-state index in [0.717, 1.165) is 16.3 Å². The minimum Gasteiger partial charge on any atom is -0.397 e. The Morgan fingerprint density at radius 1 is 1.29 bits per heavy atom. The molecule has 106 valence electrons. The van der Waals surface area contributed by atoms with Crippen LogP contribution in [0.3, 0.4) is 0 Å². The minimum absolute atomic E-state index is 0.0686. The van der Waals surface area contributed by atoms with Gasteiger partial charge in [-0.25, -0.2) is 9.97 Å². The number of anilines is 1. The van der Waals surface area contributed by atoms with Gasteiger partial charge in [0.25, 0.3) is 5.56 Å². The lowest BCUT2D eigenvalue weighted by atomic mass is 10.3. The van der Waals surface area contributed by atoms with Crippen molar-refractivity contribution in [2.45, 2.75) is 17.7 Å². The van der Waals surface area contributed by atoms with Crippen molar-refractivity contribution in [3.8, 4) is 0 Å². The third kappa shape index (κ3) is 3.05. The zero-order chi connectivity index (χ0) is 14.8. The largest absolute Gasteiger partial charge is 0.397 e. The average molecular weight is 298 g/mol. The van der Waals surface area contributed by atoms with Crippen LogP contribution in [-0.2, 0) is 5.75 Å². The van der Waals surface area contributed by atoms with E-state index in [1.165, 1.54) is 11.8 Å². The molecule has 0 aliphatic carbocycles. The topological polar surface area (TPSA) is 73.3 Å². The molecule has 3 heterocycles. The highest BCUT2D eigenvalue weighted by Crippen LogP contribution is 2.20. The molecule has 0 radical (unpaired) electrons. The smallest absolute Gasteiger partial charge is 0.258 e. The van der Waals surface area contributed by atoms with Crippen LogP contribution in [0.2, 0.25) is 0 Å². The monoisotopic (exact) mass is 298 g/mol. The SMILES string of the molecule is Cc1ccn2c(=O)cc(CSc3ccc(N)cn3)nc2c1. The minimum atomic E-state index is -0.0686. The van der Waals surface area contributed by atoms with Gasteiger partial charge in [-0.15, -0.1) is 11.8 Å². The van der Waals surface area contributed by atoms with Crippen LogP contribution >= 0.6 is 11.8 Å². The molecule has 6 heteroatoms. The first kappa shape index (κ1) is 13.6. The second-order valence-electron chi connectivity index (χ2n) is 4.74. The summed E-state index contributed by atoms with van der Waals surface area (Å²) in [5.74, 6) is 0.594. The molecule has 0 spiro atoms.